The molecule has 138 valence electrons. The number of likely N-dealkylation sites (tertiary alicyclic amines) is 1. The van der Waals surface area contributed by atoms with Crippen LogP contribution in [0, 0.1) is 5.92 Å². The smallest absolute Gasteiger partial charge is 0.256 e. The number of anilines is 1. The van der Waals surface area contributed by atoms with Gasteiger partial charge in [-0.3, -0.25) is 14.4 Å². The van der Waals surface area contributed by atoms with Gasteiger partial charge in [0.25, 0.3) is 5.91 Å². The summed E-state index contributed by atoms with van der Waals surface area (Å²) in [4.78, 5) is 15.2. The van der Waals surface area contributed by atoms with Gasteiger partial charge in [-0.15, -0.1) is 0 Å². The quantitative estimate of drug-likeness (QED) is 0.891. The number of benzene rings is 1. The third-order valence-electron chi connectivity index (χ3n) is 5.47. The predicted octanol–water partition coefficient (Wildman–Crippen LogP) is 3.78. The van der Waals surface area contributed by atoms with Gasteiger partial charge in [-0.25, -0.2) is 0 Å². The maximum atomic E-state index is 12.7. The van der Waals surface area contributed by atoms with E-state index in [-0.39, 0.29) is 5.91 Å². The van der Waals surface area contributed by atoms with Crippen molar-refractivity contribution in [2.75, 3.05) is 18.4 Å². The van der Waals surface area contributed by atoms with E-state index in [1.54, 1.807) is 4.68 Å². The van der Waals surface area contributed by atoms with Crippen molar-refractivity contribution in [3.8, 4) is 0 Å². The Morgan fingerprint density at radius 2 is 2.12 bits per heavy atom. The lowest BCUT2D eigenvalue weighted by atomic mass is 9.99. The lowest BCUT2D eigenvalue weighted by Crippen LogP contribution is -2.33. The first-order valence-electron chi connectivity index (χ1n) is 9.75. The summed E-state index contributed by atoms with van der Waals surface area (Å²) in [6.45, 7) is 5.54. The van der Waals surface area contributed by atoms with Crippen LogP contribution in [0.25, 0.3) is 0 Å². The molecule has 5 nitrogen and oxygen atoms in total. The molecule has 5 heteroatoms. The monoisotopic (exact) mass is 352 g/mol. The molecule has 2 fully saturated rings. The number of hydrogen-bond acceptors (Lipinski definition) is 3. The standard InChI is InChI=1S/C21H28N4O/c1-15-5-4-10-25(13-15)14-16-6-3-7-18(11-16)21(26)22-20-12-19(17-8-9-17)23-24(20)2/h3,6-7,11-12,15,17H,4-5,8-10,13-14H2,1-2H3,(H,22,26). The average molecular weight is 352 g/mol. The summed E-state index contributed by atoms with van der Waals surface area (Å²) in [5.41, 5.74) is 3.01. The highest BCUT2D eigenvalue weighted by Crippen LogP contribution is 2.39. The molecule has 4 rings (SSSR count). The van der Waals surface area contributed by atoms with Gasteiger partial charge in [-0.05, 0) is 55.8 Å². The SMILES string of the molecule is CC1CCCN(Cc2cccc(C(=O)Nc3cc(C4CC4)nn3C)c2)C1. The van der Waals surface area contributed by atoms with Crippen LogP contribution in [0.4, 0.5) is 5.82 Å². The highest BCUT2D eigenvalue weighted by atomic mass is 16.1. The van der Waals surface area contributed by atoms with Crippen molar-refractivity contribution in [3.63, 3.8) is 0 Å². The molecule has 1 aliphatic heterocycles. The summed E-state index contributed by atoms with van der Waals surface area (Å²) >= 11 is 0. The molecular weight excluding hydrogens is 324 g/mol. The molecule has 1 atom stereocenters. The fourth-order valence-corrected chi connectivity index (χ4v) is 3.87. The number of aryl methyl sites for hydroxylation is 1. The van der Waals surface area contributed by atoms with Gasteiger partial charge in [0, 0.05) is 37.7 Å². The third-order valence-corrected chi connectivity index (χ3v) is 5.47. The van der Waals surface area contributed by atoms with Gasteiger partial charge in [0.15, 0.2) is 0 Å². The van der Waals surface area contributed by atoms with Crippen LogP contribution in [0.5, 0.6) is 0 Å². The second-order valence-corrected chi connectivity index (χ2v) is 7.99. The normalized spacial score (nSPS) is 20.9. The van der Waals surface area contributed by atoms with Crippen LogP contribution in [-0.2, 0) is 13.6 Å². The molecule has 2 heterocycles. The van der Waals surface area contributed by atoms with Gasteiger partial charge < -0.3 is 5.32 Å². The molecule has 0 radical (unpaired) electrons. The first kappa shape index (κ1) is 17.3. The Labute approximate surface area is 155 Å². The van der Waals surface area contributed by atoms with E-state index in [0.717, 1.165) is 37.1 Å². The molecule has 2 aromatic rings. The first-order chi connectivity index (χ1) is 12.6. The van der Waals surface area contributed by atoms with E-state index in [1.165, 1.54) is 31.2 Å². The zero-order valence-electron chi connectivity index (χ0n) is 15.7. The number of aromatic nitrogens is 2. The minimum atomic E-state index is -0.0655. The summed E-state index contributed by atoms with van der Waals surface area (Å²) in [6, 6.07) is 10.0. The Morgan fingerprint density at radius 3 is 2.88 bits per heavy atom. The minimum absolute atomic E-state index is 0.0655. The van der Waals surface area contributed by atoms with Crippen molar-refractivity contribution in [3.05, 3.63) is 47.2 Å². The maximum Gasteiger partial charge on any atom is 0.256 e. The second kappa shape index (κ2) is 7.23. The number of carbonyl (C=O) groups excluding carboxylic acids is 1. The van der Waals surface area contributed by atoms with Crippen LogP contribution in [0.2, 0.25) is 0 Å². The van der Waals surface area contributed by atoms with Gasteiger partial charge >= 0.3 is 0 Å². The van der Waals surface area contributed by atoms with E-state index in [1.807, 2.05) is 31.3 Å². The number of amides is 1. The van der Waals surface area contributed by atoms with E-state index < -0.39 is 0 Å². The van der Waals surface area contributed by atoms with Gasteiger partial charge in [0.05, 0.1) is 5.69 Å². The Bertz CT molecular complexity index is 793. The van der Waals surface area contributed by atoms with Crippen LogP contribution in [0.15, 0.2) is 30.3 Å². The molecule has 1 saturated heterocycles. The lowest BCUT2D eigenvalue weighted by Gasteiger charge is -2.30. The lowest BCUT2D eigenvalue weighted by molar-refractivity contribution is 0.102. The Kier molecular flexibility index (Phi) is 4.81. The summed E-state index contributed by atoms with van der Waals surface area (Å²) in [7, 11) is 1.88. The largest absolute Gasteiger partial charge is 0.307 e. The van der Waals surface area contributed by atoms with Crippen LogP contribution in [-0.4, -0.2) is 33.7 Å². The summed E-state index contributed by atoms with van der Waals surface area (Å²) in [5.74, 6) is 2.05. The van der Waals surface area contributed by atoms with Crippen LogP contribution < -0.4 is 5.32 Å². The molecule has 0 spiro atoms. The summed E-state index contributed by atoms with van der Waals surface area (Å²) in [6.07, 6.45) is 5.01. The Hall–Kier alpha value is -2.14. The maximum absolute atomic E-state index is 12.7. The molecule has 2 aliphatic rings. The van der Waals surface area contributed by atoms with Crippen LogP contribution in [0.3, 0.4) is 0 Å². The van der Waals surface area contributed by atoms with Gasteiger partial charge in [0.1, 0.15) is 5.82 Å². The Balaban J connectivity index is 1.43. The van der Waals surface area contributed by atoms with Crippen LogP contribution >= 0.6 is 0 Å². The van der Waals surface area contributed by atoms with E-state index >= 15 is 0 Å². The Morgan fingerprint density at radius 1 is 1.27 bits per heavy atom. The predicted molar refractivity (Wildman–Crippen MR) is 103 cm³/mol. The summed E-state index contributed by atoms with van der Waals surface area (Å²) < 4.78 is 1.77. The van der Waals surface area contributed by atoms with E-state index in [9.17, 15) is 4.79 Å². The number of piperidine rings is 1. The molecule has 0 bridgehead atoms. The number of carbonyl (C=O) groups is 1. The zero-order chi connectivity index (χ0) is 18.1. The van der Waals surface area contributed by atoms with Crippen molar-refractivity contribution in [2.45, 2.75) is 45.1 Å². The number of rotatable bonds is 5. The molecule has 26 heavy (non-hydrogen) atoms. The van der Waals surface area contributed by atoms with Crippen molar-refractivity contribution in [1.82, 2.24) is 14.7 Å². The molecule has 1 aliphatic carbocycles. The number of nitrogens with one attached hydrogen (secondary N) is 1. The van der Waals surface area contributed by atoms with Crippen molar-refractivity contribution in [2.24, 2.45) is 13.0 Å². The van der Waals surface area contributed by atoms with Crippen molar-refractivity contribution >= 4 is 11.7 Å². The van der Waals surface area contributed by atoms with Crippen LogP contribution in [0.1, 0.15) is 60.1 Å². The molecule has 1 aromatic heterocycles. The molecule has 1 saturated carbocycles. The number of nitrogens with zero attached hydrogens (tertiary/aromatic N) is 3. The van der Waals surface area contributed by atoms with E-state index in [0.29, 0.717) is 11.5 Å². The molecule has 1 unspecified atom stereocenters. The number of hydrogen-bond donors (Lipinski definition) is 1. The fourth-order valence-electron chi connectivity index (χ4n) is 3.87. The van der Waals surface area contributed by atoms with Crippen molar-refractivity contribution < 1.29 is 4.79 Å². The fraction of sp³-hybridized carbons (Fsp3) is 0.524. The average Bonchev–Trinajstić information content (AvgIpc) is 3.40. The van der Waals surface area contributed by atoms with Crippen molar-refractivity contribution in [1.29, 1.82) is 0 Å². The molecule has 1 N–H and O–H groups in total. The molecular formula is C21H28N4O. The highest BCUT2D eigenvalue weighted by Gasteiger charge is 2.27. The van der Waals surface area contributed by atoms with Gasteiger partial charge in [0.2, 0.25) is 0 Å². The first-order valence-corrected chi connectivity index (χ1v) is 9.75. The molecule has 1 aromatic carbocycles. The third kappa shape index (κ3) is 3.98. The minimum Gasteiger partial charge on any atom is -0.307 e. The summed E-state index contributed by atoms with van der Waals surface area (Å²) in [5, 5.41) is 7.53. The zero-order valence-corrected chi connectivity index (χ0v) is 15.7. The van der Waals surface area contributed by atoms with E-state index in [4.69, 9.17) is 0 Å². The van der Waals surface area contributed by atoms with E-state index in [2.05, 4.69) is 28.3 Å². The second-order valence-electron chi connectivity index (χ2n) is 7.99. The highest BCUT2D eigenvalue weighted by molar-refractivity contribution is 6.03. The molecule has 1 amide bonds. The van der Waals surface area contributed by atoms with Gasteiger partial charge in [-0.1, -0.05) is 19.1 Å². The van der Waals surface area contributed by atoms with Gasteiger partial charge in [-0.2, -0.15) is 5.10 Å². The topological polar surface area (TPSA) is 50.2 Å².